The molecular formula is C42H35F6N. The molecule has 0 spiro atoms. The highest BCUT2D eigenvalue weighted by Gasteiger charge is 2.42. The second kappa shape index (κ2) is 13.0. The van der Waals surface area contributed by atoms with Crippen molar-refractivity contribution in [1.82, 2.24) is 0 Å². The molecule has 4 aromatic rings. The molecule has 0 unspecified atom stereocenters. The van der Waals surface area contributed by atoms with E-state index in [0.29, 0.717) is 29.6 Å². The number of unbranched alkanes of at least 4 members (excludes halogenated alkanes) is 2. The standard InChI is InChI=1S/C42H35F6N/c1-3-5-13-42(14-6-4-2)21-28(26-16-34(43)40(47)35(44)17-26)15-31-33(42)20-30(27-18-36(45)41(48)37(46)19-27)32-23-49-22-25-12-11-24-9-7-8-10-29(24)38(25)39(31)32/h7-12,15-19,22-23H,3-6,13-14,20-21H2,1-2H3. The smallest absolute Gasteiger partial charge is 0.194 e. The van der Waals surface area contributed by atoms with Gasteiger partial charge in [-0.3, -0.25) is 4.99 Å². The molecule has 1 heterocycles. The lowest BCUT2D eigenvalue weighted by Gasteiger charge is -2.45. The molecule has 2 aliphatic carbocycles. The van der Waals surface area contributed by atoms with E-state index in [1.165, 1.54) is 0 Å². The number of halogens is 6. The highest BCUT2D eigenvalue weighted by atomic mass is 19.2. The molecule has 250 valence electrons. The maximum Gasteiger partial charge on any atom is 0.194 e. The SMILES string of the molecule is CCCCC1(CCCC)CC(c2cc(F)c(F)c(F)c2)=CC2=C1CC(c1cc(F)c(F)c(F)c1)=C1C=NC=c3ccc4ccccc4c3=C12. The van der Waals surface area contributed by atoms with Crippen LogP contribution >= 0.6 is 0 Å². The minimum atomic E-state index is -1.53. The quantitative estimate of drug-likeness (QED) is 0.131. The highest BCUT2D eigenvalue weighted by molar-refractivity contribution is 6.14. The lowest BCUT2D eigenvalue weighted by atomic mass is 9.59. The predicted molar refractivity (Wildman–Crippen MR) is 185 cm³/mol. The maximum absolute atomic E-state index is 14.9. The zero-order valence-corrected chi connectivity index (χ0v) is 27.4. The van der Waals surface area contributed by atoms with Crippen LogP contribution in [0, 0.1) is 40.3 Å². The molecular weight excluding hydrogens is 632 g/mol. The molecule has 0 atom stereocenters. The summed E-state index contributed by atoms with van der Waals surface area (Å²) in [6.07, 6.45) is 11.2. The van der Waals surface area contributed by atoms with Crippen molar-refractivity contribution in [2.45, 2.75) is 65.2 Å². The fraction of sp³-hybridized carbons (Fsp3) is 0.262. The maximum atomic E-state index is 14.9. The Balaban J connectivity index is 1.65. The zero-order chi connectivity index (χ0) is 34.4. The largest absolute Gasteiger partial charge is 0.263 e. The Kier molecular flexibility index (Phi) is 8.72. The first-order valence-electron chi connectivity index (χ1n) is 16.9. The molecule has 4 aromatic carbocycles. The number of benzene rings is 4. The van der Waals surface area contributed by atoms with Crippen molar-refractivity contribution in [2.75, 3.05) is 0 Å². The van der Waals surface area contributed by atoms with E-state index in [2.05, 4.69) is 18.8 Å². The summed E-state index contributed by atoms with van der Waals surface area (Å²) >= 11 is 0. The Hall–Kier alpha value is -4.65. The van der Waals surface area contributed by atoms with Crippen molar-refractivity contribution in [2.24, 2.45) is 10.4 Å². The molecule has 0 radical (unpaired) electrons. The monoisotopic (exact) mass is 667 g/mol. The van der Waals surface area contributed by atoms with Crippen LogP contribution in [0.1, 0.15) is 76.3 Å². The molecule has 3 aliphatic rings. The molecule has 0 amide bonds. The molecule has 0 saturated heterocycles. The third-order valence-corrected chi connectivity index (χ3v) is 10.4. The molecule has 0 fully saturated rings. The van der Waals surface area contributed by atoms with Crippen molar-refractivity contribution in [3.8, 4) is 0 Å². The lowest BCUT2D eigenvalue weighted by Crippen LogP contribution is -2.34. The van der Waals surface area contributed by atoms with Crippen LogP contribution in [0.25, 0.3) is 33.7 Å². The van der Waals surface area contributed by atoms with Crippen molar-refractivity contribution in [3.63, 3.8) is 0 Å². The van der Waals surface area contributed by atoms with E-state index >= 15 is 0 Å². The van der Waals surface area contributed by atoms with Crippen molar-refractivity contribution >= 4 is 39.9 Å². The van der Waals surface area contributed by atoms with E-state index in [-0.39, 0.29) is 11.1 Å². The van der Waals surface area contributed by atoms with Gasteiger partial charge in [-0.05, 0) is 105 Å². The summed E-state index contributed by atoms with van der Waals surface area (Å²) in [7, 11) is 0. The second-order valence-corrected chi connectivity index (χ2v) is 13.3. The Morgan fingerprint density at radius 2 is 1.33 bits per heavy atom. The van der Waals surface area contributed by atoms with Gasteiger partial charge < -0.3 is 0 Å². The van der Waals surface area contributed by atoms with Crippen LogP contribution in [-0.2, 0) is 0 Å². The zero-order valence-electron chi connectivity index (χ0n) is 27.4. The van der Waals surface area contributed by atoms with Gasteiger partial charge >= 0.3 is 0 Å². The predicted octanol–water partition coefficient (Wildman–Crippen LogP) is 10.7. The average molecular weight is 668 g/mol. The van der Waals surface area contributed by atoms with Gasteiger partial charge in [0.05, 0.1) is 0 Å². The van der Waals surface area contributed by atoms with Gasteiger partial charge in [-0.1, -0.05) is 87.6 Å². The van der Waals surface area contributed by atoms with Gasteiger partial charge in [-0.2, -0.15) is 0 Å². The van der Waals surface area contributed by atoms with Crippen LogP contribution in [0.15, 0.2) is 88.5 Å². The van der Waals surface area contributed by atoms with Gasteiger partial charge in [0, 0.05) is 23.2 Å². The second-order valence-electron chi connectivity index (χ2n) is 13.3. The van der Waals surface area contributed by atoms with E-state index in [4.69, 9.17) is 0 Å². The Bertz CT molecular complexity index is 2220. The first-order chi connectivity index (χ1) is 23.7. The molecule has 0 N–H and O–H groups in total. The van der Waals surface area contributed by atoms with E-state index in [1.807, 2.05) is 42.5 Å². The first kappa shape index (κ1) is 32.9. The topological polar surface area (TPSA) is 12.4 Å². The average Bonchev–Trinajstić information content (AvgIpc) is 3.30. The number of aliphatic imine (C=N–C) groups is 1. The van der Waals surface area contributed by atoms with Gasteiger partial charge in [0.25, 0.3) is 0 Å². The van der Waals surface area contributed by atoms with Crippen LogP contribution in [0.2, 0.25) is 0 Å². The van der Waals surface area contributed by atoms with Crippen LogP contribution in [0.5, 0.6) is 0 Å². The van der Waals surface area contributed by atoms with Crippen molar-refractivity contribution in [3.05, 3.63) is 140 Å². The summed E-state index contributed by atoms with van der Waals surface area (Å²) in [6, 6.07) is 16.1. The van der Waals surface area contributed by atoms with E-state index in [9.17, 15) is 26.3 Å². The van der Waals surface area contributed by atoms with Gasteiger partial charge in [0.15, 0.2) is 34.9 Å². The number of rotatable bonds is 8. The molecule has 1 nitrogen and oxygen atoms in total. The van der Waals surface area contributed by atoms with Crippen LogP contribution in [0.3, 0.4) is 0 Å². The third kappa shape index (κ3) is 5.67. The van der Waals surface area contributed by atoms with E-state index in [1.54, 1.807) is 12.4 Å². The molecule has 7 rings (SSSR count). The minimum Gasteiger partial charge on any atom is -0.263 e. The van der Waals surface area contributed by atoms with Gasteiger partial charge in [0.1, 0.15) is 0 Å². The molecule has 0 aromatic heterocycles. The summed E-state index contributed by atoms with van der Waals surface area (Å²) in [4.78, 5) is 4.65. The van der Waals surface area contributed by atoms with Crippen LogP contribution < -0.4 is 10.4 Å². The normalized spacial score (nSPS) is 16.7. The summed E-state index contributed by atoms with van der Waals surface area (Å²) in [5.74, 6) is -8.10. The number of allylic oxidation sites excluding steroid dienone is 6. The number of hydrogen-bond donors (Lipinski definition) is 0. The van der Waals surface area contributed by atoms with Crippen molar-refractivity contribution < 1.29 is 26.3 Å². The van der Waals surface area contributed by atoms with Gasteiger partial charge in [-0.15, -0.1) is 0 Å². The molecule has 1 aliphatic heterocycles. The van der Waals surface area contributed by atoms with Crippen LogP contribution in [0.4, 0.5) is 26.3 Å². The number of nitrogens with zero attached hydrogens (tertiary/aromatic N) is 1. The van der Waals surface area contributed by atoms with Crippen molar-refractivity contribution in [1.29, 1.82) is 0 Å². The number of hydrogen-bond acceptors (Lipinski definition) is 1. The molecule has 49 heavy (non-hydrogen) atoms. The summed E-state index contributed by atoms with van der Waals surface area (Å²) in [6.45, 7) is 4.21. The summed E-state index contributed by atoms with van der Waals surface area (Å²) in [5.41, 5.74) is 4.64. The molecule has 0 saturated carbocycles. The van der Waals surface area contributed by atoms with Gasteiger partial charge in [0.2, 0.25) is 0 Å². The Morgan fingerprint density at radius 3 is 1.96 bits per heavy atom. The highest BCUT2D eigenvalue weighted by Crippen LogP contribution is 2.57. The fourth-order valence-electron chi connectivity index (χ4n) is 7.97. The van der Waals surface area contributed by atoms with Gasteiger partial charge in [-0.25, -0.2) is 26.3 Å². The van der Waals surface area contributed by atoms with E-state index < -0.39 is 40.3 Å². The Morgan fingerprint density at radius 1 is 0.714 bits per heavy atom. The first-order valence-corrected chi connectivity index (χ1v) is 16.9. The van der Waals surface area contributed by atoms with Crippen LogP contribution in [-0.4, -0.2) is 6.21 Å². The third-order valence-electron chi connectivity index (χ3n) is 10.4. The lowest BCUT2D eigenvalue weighted by molar-refractivity contribution is 0.281. The molecule has 7 heteroatoms. The Labute approximate surface area is 281 Å². The summed E-state index contributed by atoms with van der Waals surface area (Å²) < 4.78 is 87.9. The molecule has 0 bridgehead atoms. The fourth-order valence-corrected chi connectivity index (χ4v) is 7.97. The van der Waals surface area contributed by atoms with E-state index in [0.717, 1.165) is 101 Å². The summed E-state index contributed by atoms with van der Waals surface area (Å²) in [5, 5.41) is 3.61. The number of fused-ring (bicyclic) bond motifs is 5. The minimum absolute atomic E-state index is 0.225.